The predicted octanol–water partition coefficient (Wildman–Crippen LogP) is 3.28. The lowest BCUT2D eigenvalue weighted by Crippen LogP contribution is -2.45. The van der Waals surface area contributed by atoms with Gasteiger partial charge in [-0.2, -0.15) is 0 Å². The minimum absolute atomic E-state index is 0.0156. The number of nitrogens with zero attached hydrogens (tertiary/aromatic N) is 3. The molecule has 3 heterocycles. The van der Waals surface area contributed by atoms with Crippen LogP contribution in [0.5, 0.6) is 0 Å². The highest BCUT2D eigenvalue weighted by atomic mass is 16.2. The van der Waals surface area contributed by atoms with Gasteiger partial charge in [0.1, 0.15) is 0 Å². The molecular weight excluding hydrogens is 400 g/mol. The van der Waals surface area contributed by atoms with Gasteiger partial charge >= 0.3 is 0 Å². The Labute approximate surface area is 188 Å². The van der Waals surface area contributed by atoms with Crippen molar-refractivity contribution in [3.05, 3.63) is 84.4 Å². The molecule has 32 heavy (non-hydrogen) atoms. The number of likely N-dealkylation sites (tertiary alicyclic amines) is 1. The average molecular weight is 429 g/mol. The molecule has 0 bridgehead atoms. The largest absolute Gasteiger partial charge is 0.356 e. The average Bonchev–Trinajstić information content (AvgIpc) is 3.26. The second-order valence-corrected chi connectivity index (χ2v) is 8.32. The molecule has 1 fully saturated rings. The van der Waals surface area contributed by atoms with Crippen molar-refractivity contribution in [2.75, 3.05) is 19.6 Å². The third kappa shape index (κ3) is 4.85. The molecule has 4 rings (SSSR count). The van der Waals surface area contributed by atoms with Crippen molar-refractivity contribution < 1.29 is 9.59 Å². The summed E-state index contributed by atoms with van der Waals surface area (Å²) in [7, 11) is 0. The lowest BCUT2D eigenvalue weighted by molar-refractivity contribution is -0.132. The maximum absolute atomic E-state index is 13.1. The standard InChI is InChI=1S/C26H28N4O2/c1-2-28-25(32)26(12-15-30(19-26)24(31)16-23-7-3-4-14-29-23)17-20-8-10-21(11-9-20)22-6-5-13-27-18-22/h3-11,13-14,18H,2,12,15-17,19H2,1H3,(H,28,32)/t26-/m0/s1. The van der Waals surface area contributed by atoms with E-state index in [4.69, 9.17) is 0 Å². The first-order chi connectivity index (χ1) is 15.6. The van der Waals surface area contributed by atoms with E-state index in [-0.39, 0.29) is 18.2 Å². The van der Waals surface area contributed by atoms with Gasteiger partial charge in [-0.1, -0.05) is 36.4 Å². The predicted molar refractivity (Wildman–Crippen MR) is 124 cm³/mol. The van der Waals surface area contributed by atoms with Crippen LogP contribution in [0.25, 0.3) is 11.1 Å². The second kappa shape index (κ2) is 9.73. The Morgan fingerprint density at radius 1 is 1.03 bits per heavy atom. The molecule has 164 valence electrons. The molecule has 2 amide bonds. The molecule has 0 saturated carbocycles. The fraction of sp³-hybridized carbons (Fsp3) is 0.308. The molecule has 0 unspecified atom stereocenters. The van der Waals surface area contributed by atoms with Crippen LogP contribution in [-0.4, -0.2) is 46.3 Å². The number of rotatable bonds is 7. The van der Waals surface area contributed by atoms with E-state index in [1.165, 1.54) is 0 Å². The van der Waals surface area contributed by atoms with Gasteiger partial charge in [0.2, 0.25) is 11.8 Å². The van der Waals surface area contributed by atoms with E-state index >= 15 is 0 Å². The molecular formula is C26H28N4O2. The lowest BCUT2D eigenvalue weighted by atomic mass is 9.79. The maximum Gasteiger partial charge on any atom is 0.228 e. The molecule has 1 aromatic carbocycles. The number of aromatic nitrogens is 2. The summed E-state index contributed by atoms with van der Waals surface area (Å²) in [5, 5.41) is 3.00. The van der Waals surface area contributed by atoms with Crippen LogP contribution >= 0.6 is 0 Å². The molecule has 1 N–H and O–H groups in total. The van der Waals surface area contributed by atoms with Crippen molar-refractivity contribution >= 4 is 11.8 Å². The number of benzene rings is 1. The van der Waals surface area contributed by atoms with Gasteiger partial charge in [-0.15, -0.1) is 0 Å². The quantitative estimate of drug-likeness (QED) is 0.627. The minimum atomic E-state index is -0.619. The number of carbonyl (C=O) groups is 2. The van der Waals surface area contributed by atoms with Gasteiger partial charge in [0.25, 0.3) is 0 Å². The summed E-state index contributed by atoms with van der Waals surface area (Å²) >= 11 is 0. The van der Waals surface area contributed by atoms with Crippen LogP contribution in [0.15, 0.2) is 73.2 Å². The normalized spacial score (nSPS) is 17.8. The molecule has 3 aromatic rings. The number of hydrogen-bond acceptors (Lipinski definition) is 4. The van der Waals surface area contributed by atoms with Crippen molar-refractivity contribution in [1.29, 1.82) is 0 Å². The topological polar surface area (TPSA) is 75.2 Å². The Kier molecular flexibility index (Phi) is 6.59. The van der Waals surface area contributed by atoms with Gasteiger partial charge < -0.3 is 10.2 Å². The van der Waals surface area contributed by atoms with E-state index in [9.17, 15) is 9.59 Å². The molecule has 1 aliphatic rings. The smallest absolute Gasteiger partial charge is 0.228 e. The zero-order valence-corrected chi connectivity index (χ0v) is 18.3. The summed E-state index contributed by atoms with van der Waals surface area (Å²) in [6, 6.07) is 17.8. The van der Waals surface area contributed by atoms with Crippen molar-refractivity contribution in [2.24, 2.45) is 5.41 Å². The molecule has 0 radical (unpaired) electrons. The van der Waals surface area contributed by atoms with E-state index in [0.717, 1.165) is 22.4 Å². The molecule has 1 saturated heterocycles. The molecule has 1 aliphatic heterocycles. The monoisotopic (exact) mass is 428 g/mol. The van der Waals surface area contributed by atoms with Crippen molar-refractivity contribution in [3.8, 4) is 11.1 Å². The summed E-state index contributed by atoms with van der Waals surface area (Å²) in [5.41, 5.74) is 3.37. The summed E-state index contributed by atoms with van der Waals surface area (Å²) in [6.45, 7) is 3.50. The van der Waals surface area contributed by atoms with Gasteiger partial charge in [-0.05, 0) is 54.7 Å². The minimum Gasteiger partial charge on any atom is -0.356 e. The van der Waals surface area contributed by atoms with Crippen LogP contribution in [0, 0.1) is 5.41 Å². The fourth-order valence-electron chi connectivity index (χ4n) is 4.35. The Morgan fingerprint density at radius 3 is 2.56 bits per heavy atom. The lowest BCUT2D eigenvalue weighted by Gasteiger charge is -2.28. The highest BCUT2D eigenvalue weighted by molar-refractivity contribution is 5.86. The number of pyridine rings is 2. The first kappa shape index (κ1) is 21.7. The van der Waals surface area contributed by atoms with Gasteiger partial charge in [-0.3, -0.25) is 19.6 Å². The Balaban J connectivity index is 1.50. The van der Waals surface area contributed by atoms with E-state index in [0.29, 0.717) is 32.5 Å². The zero-order chi connectivity index (χ0) is 22.4. The first-order valence-corrected chi connectivity index (χ1v) is 11.0. The van der Waals surface area contributed by atoms with Crippen LogP contribution in [0.4, 0.5) is 0 Å². The number of amides is 2. The van der Waals surface area contributed by atoms with E-state index in [1.807, 2.05) is 48.4 Å². The van der Waals surface area contributed by atoms with Crippen molar-refractivity contribution in [3.63, 3.8) is 0 Å². The van der Waals surface area contributed by atoms with Gasteiger partial charge in [0, 0.05) is 43.9 Å². The van der Waals surface area contributed by atoms with Crippen LogP contribution in [0.1, 0.15) is 24.6 Å². The second-order valence-electron chi connectivity index (χ2n) is 8.32. The van der Waals surface area contributed by atoms with E-state index in [1.54, 1.807) is 12.4 Å². The first-order valence-electron chi connectivity index (χ1n) is 11.0. The van der Waals surface area contributed by atoms with Gasteiger partial charge in [0.05, 0.1) is 11.8 Å². The molecule has 1 atom stereocenters. The number of carbonyl (C=O) groups excluding carboxylic acids is 2. The highest BCUT2D eigenvalue weighted by Crippen LogP contribution is 2.35. The molecule has 2 aromatic heterocycles. The van der Waals surface area contributed by atoms with Crippen molar-refractivity contribution in [1.82, 2.24) is 20.2 Å². The molecule has 6 nitrogen and oxygen atoms in total. The summed E-state index contributed by atoms with van der Waals surface area (Å²) in [5.74, 6) is 0.0336. The molecule has 6 heteroatoms. The Hall–Kier alpha value is -3.54. The van der Waals surface area contributed by atoms with E-state index in [2.05, 4.69) is 39.6 Å². The third-order valence-electron chi connectivity index (χ3n) is 6.08. The Bertz CT molecular complexity index is 1050. The number of hydrogen-bond donors (Lipinski definition) is 1. The van der Waals surface area contributed by atoms with Crippen LogP contribution in [0.2, 0.25) is 0 Å². The van der Waals surface area contributed by atoms with Gasteiger partial charge in [0.15, 0.2) is 0 Å². The fourth-order valence-corrected chi connectivity index (χ4v) is 4.35. The zero-order valence-electron chi connectivity index (χ0n) is 18.3. The van der Waals surface area contributed by atoms with Crippen LogP contribution in [-0.2, 0) is 22.4 Å². The molecule has 0 spiro atoms. The van der Waals surface area contributed by atoms with Crippen LogP contribution < -0.4 is 5.32 Å². The Morgan fingerprint density at radius 2 is 1.88 bits per heavy atom. The SMILES string of the molecule is CCNC(=O)[C@]1(Cc2ccc(-c3cccnc3)cc2)CCN(C(=O)Cc2ccccn2)C1. The van der Waals surface area contributed by atoms with Gasteiger partial charge in [-0.25, -0.2) is 0 Å². The summed E-state index contributed by atoms with van der Waals surface area (Å²) in [4.78, 5) is 36.3. The van der Waals surface area contributed by atoms with E-state index < -0.39 is 5.41 Å². The summed E-state index contributed by atoms with van der Waals surface area (Å²) < 4.78 is 0. The third-order valence-corrected chi connectivity index (χ3v) is 6.08. The highest BCUT2D eigenvalue weighted by Gasteiger charge is 2.45. The van der Waals surface area contributed by atoms with Crippen molar-refractivity contribution in [2.45, 2.75) is 26.2 Å². The number of nitrogens with one attached hydrogen (secondary N) is 1. The van der Waals surface area contributed by atoms with Crippen LogP contribution in [0.3, 0.4) is 0 Å². The summed E-state index contributed by atoms with van der Waals surface area (Å²) in [6.07, 6.45) is 6.80. The molecule has 0 aliphatic carbocycles. The maximum atomic E-state index is 13.1.